The monoisotopic (exact) mass is 219 g/mol. The van der Waals surface area contributed by atoms with Gasteiger partial charge >= 0.3 is 0 Å². The molecule has 0 unspecified atom stereocenters. The number of furan rings is 1. The molecule has 16 heavy (non-hydrogen) atoms. The van der Waals surface area contributed by atoms with Gasteiger partial charge in [-0.1, -0.05) is 12.1 Å². The van der Waals surface area contributed by atoms with E-state index in [4.69, 9.17) is 4.42 Å². The minimum absolute atomic E-state index is 0.123. The molecule has 0 bridgehead atoms. The molecule has 1 atom stereocenters. The summed E-state index contributed by atoms with van der Waals surface area (Å²) in [6.45, 7) is 2.64. The highest BCUT2D eigenvalue weighted by Gasteiger charge is 2.06. The Kier molecular flexibility index (Phi) is 3.37. The van der Waals surface area contributed by atoms with Crippen molar-refractivity contribution in [2.45, 2.75) is 19.5 Å². The molecular weight excluding hydrogens is 205 g/mol. The van der Waals surface area contributed by atoms with Crippen molar-refractivity contribution >= 4 is 0 Å². The SMILES string of the molecule is C[C@@H](NCc1cccc(F)c1)c1ccco1. The molecule has 1 aromatic carbocycles. The Hall–Kier alpha value is -1.61. The second-order valence-electron chi connectivity index (χ2n) is 3.75. The van der Waals surface area contributed by atoms with Crippen LogP contribution in [0.15, 0.2) is 47.1 Å². The lowest BCUT2D eigenvalue weighted by Gasteiger charge is -2.11. The lowest BCUT2D eigenvalue weighted by molar-refractivity contribution is 0.430. The Bertz CT molecular complexity index is 439. The fourth-order valence-electron chi connectivity index (χ4n) is 1.56. The number of nitrogens with one attached hydrogen (secondary N) is 1. The first-order valence-electron chi connectivity index (χ1n) is 5.27. The van der Waals surface area contributed by atoms with Crippen LogP contribution in [0.2, 0.25) is 0 Å². The maximum Gasteiger partial charge on any atom is 0.123 e. The van der Waals surface area contributed by atoms with Gasteiger partial charge in [-0.3, -0.25) is 0 Å². The molecular formula is C13H14FNO. The van der Waals surface area contributed by atoms with Crippen molar-refractivity contribution in [2.75, 3.05) is 0 Å². The molecule has 2 aromatic rings. The van der Waals surface area contributed by atoms with E-state index in [2.05, 4.69) is 5.32 Å². The van der Waals surface area contributed by atoms with E-state index in [1.54, 1.807) is 12.3 Å². The van der Waals surface area contributed by atoms with Crippen LogP contribution in [-0.4, -0.2) is 0 Å². The molecule has 84 valence electrons. The van der Waals surface area contributed by atoms with Gasteiger partial charge < -0.3 is 9.73 Å². The highest BCUT2D eigenvalue weighted by atomic mass is 19.1. The second-order valence-corrected chi connectivity index (χ2v) is 3.75. The van der Waals surface area contributed by atoms with Gasteiger partial charge in [0.15, 0.2) is 0 Å². The zero-order valence-electron chi connectivity index (χ0n) is 9.11. The predicted molar refractivity (Wildman–Crippen MR) is 60.4 cm³/mol. The number of benzene rings is 1. The lowest BCUT2D eigenvalue weighted by Crippen LogP contribution is -2.17. The van der Waals surface area contributed by atoms with Crippen molar-refractivity contribution in [3.8, 4) is 0 Å². The van der Waals surface area contributed by atoms with Crippen molar-refractivity contribution in [1.82, 2.24) is 5.32 Å². The zero-order chi connectivity index (χ0) is 11.4. The van der Waals surface area contributed by atoms with Crippen LogP contribution in [0, 0.1) is 5.82 Å². The van der Waals surface area contributed by atoms with E-state index in [1.807, 2.05) is 25.1 Å². The van der Waals surface area contributed by atoms with Gasteiger partial charge in [0, 0.05) is 6.54 Å². The largest absolute Gasteiger partial charge is 0.468 e. The standard InChI is InChI=1S/C13H14FNO/c1-10(13-6-3-7-16-13)15-9-11-4-2-5-12(14)8-11/h2-8,10,15H,9H2,1H3/t10-/m1/s1. The molecule has 1 heterocycles. The minimum atomic E-state index is -0.204. The third-order valence-corrected chi connectivity index (χ3v) is 2.47. The Morgan fingerprint density at radius 1 is 1.31 bits per heavy atom. The average Bonchev–Trinajstić information content (AvgIpc) is 2.79. The maximum absolute atomic E-state index is 12.9. The van der Waals surface area contributed by atoms with E-state index >= 15 is 0 Å². The van der Waals surface area contributed by atoms with Gasteiger partial charge in [-0.2, -0.15) is 0 Å². The predicted octanol–water partition coefficient (Wildman–Crippen LogP) is 3.27. The van der Waals surface area contributed by atoms with E-state index < -0.39 is 0 Å². The van der Waals surface area contributed by atoms with Gasteiger partial charge in [0.2, 0.25) is 0 Å². The number of rotatable bonds is 4. The topological polar surface area (TPSA) is 25.2 Å². The van der Waals surface area contributed by atoms with Crippen molar-refractivity contribution in [2.24, 2.45) is 0 Å². The maximum atomic E-state index is 12.9. The highest BCUT2D eigenvalue weighted by molar-refractivity contribution is 5.16. The Morgan fingerprint density at radius 2 is 2.19 bits per heavy atom. The van der Waals surface area contributed by atoms with Gasteiger partial charge in [0.05, 0.1) is 12.3 Å². The number of halogens is 1. The second kappa shape index (κ2) is 4.94. The lowest BCUT2D eigenvalue weighted by atomic mass is 10.2. The molecule has 0 saturated heterocycles. The quantitative estimate of drug-likeness (QED) is 0.853. The summed E-state index contributed by atoms with van der Waals surface area (Å²) in [6.07, 6.45) is 1.65. The van der Waals surface area contributed by atoms with Crippen molar-refractivity contribution in [3.63, 3.8) is 0 Å². The fraction of sp³-hybridized carbons (Fsp3) is 0.231. The number of hydrogen-bond donors (Lipinski definition) is 1. The van der Waals surface area contributed by atoms with E-state index in [0.717, 1.165) is 11.3 Å². The van der Waals surface area contributed by atoms with Crippen molar-refractivity contribution in [1.29, 1.82) is 0 Å². The van der Waals surface area contributed by atoms with Crippen LogP contribution >= 0.6 is 0 Å². The van der Waals surface area contributed by atoms with Crippen LogP contribution < -0.4 is 5.32 Å². The van der Waals surface area contributed by atoms with E-state index in [9.17, 15) is 4.39 Å². The van der Waals surface area contributed by atoms with Gasteiger partial charge in [0.25, 0.3) is 0 Å². The van der Waals surface area contributed by atoms with Crippen LogP contribution in [-0.2, 0) is 6.54 Å². The van der Waals surface area contributed by atoms with Crippen LogP contribution in [0.25, 0.3) is 0 Å². The molecule has 0 saturated carbocycles. The first-order chi connectivity index (χ1) is 7.75. The molecule has 0 amide bonds. The fourth-order valence-corrected chi connectivity index (χ4v) is 1.56. The molecule has 2 rings (SSSR count). The Morgan fingerprint density at radius 3 is 2.88 bits per heavy atom. The van der Waals surface area contributed by atoms with Crippen LogP contribution in [0.3, 0.4) is 0 Å². The van der Waals surface area contributed by atoms with E-state index in [1.165, 1.54) is 12.1 Å². The molecule has 0 fully saturated rings. The third kappa shape index (κ3) is 2.70. The number of hydrogen-bond acceptors (Lipinski definition) is 2. The minimum Gasteiger partial charge on any atom is -0.468 e. The van der Waals surface area contributed by atoms with Crippen LogP contribution in [0.4, 0.5) is 4.39 Å². The Balaban J connectivity index is 1.92. The molecule has 1 aromatic heterocycles. The zero-order valence-corrected chi connectivity index (χ0v) is 9.11. The molecule has 0 aliphatic heterocycles. The molecule has 1 N–H and O–H groups in total. The summed E-state index contributed by atoms with van der Waals surface area (Å²) in [5.74, 6) is 0.682. The van der Waals surface area contributed by atoms with Crippen LogP contribution in [0.5, 0.6) is 0 Å². The summed E-state index contributed by atoms with van der Waals surface area (Å²) in [5, 5.41) is 3.27. The van der Waals surface area contributed by atoms with Crippen LogP contribution in [0.1, 0.15) is 24.3 Å². The average molecular weight is 219 g/mol. The molecule has 0 aliphatic carbocycles. The van der Waals surface area contributed by atoms with Gasteiger partial charge in [-0.15, -0.1) is 0 Å². The molecule has 0 radical (unpaired) electrons. The first kappa shape index (κ1) is 10.9. The summed E-state index contributed by atoms with van der Waals surface area (Å²) in [6, 6.07) is 10.5. The summed E-state index contributed by atoms with van der Waals surface area (Å²) in [5.41, 5.74) is 0.929. The smallest absolute Gasteiger partial charge is 0.123 e. The Labute approximate surface area is 94.1 Å². The van der Waals surface area contributed by atoms with E-state index in [0.29, 0.717) is 6.54 Å². The van der Waals surface area contributed by atoms with Gasteiger partial charge in [0.1, 0.15) is 11.6 Å². The van der Waals surface area contributed by atoms with Gasteiger partial charge in [-0.25, -0.2) is 4.39 Å². The normalized spacial score (nSPS) is 12.6. The van der Waals surface area contributed by atoms with Crippen molar-refractivity contribution in [3.05, 3.63) is 59.8 Å². The molecule has 2 nitrogen and oxygen atoms in total. The molecule has 0 spiro atoms. The van der Waals surface area contributed by atoms with E-state index in [-0.39, 0.29) is 11.9 Å². The van der Waals surface area contributed by atoms with Crippen molar-refractivity contribution < 1.29 is 8.81 Å². The summed E-state index contributed by atoms with van der Waals surface area (Å²) in [7, 11) is 0. The molecule has 0 aliphatic rings. The first-order valence-corrected chi connectivity index (χ1v) is 5.27. The summed E-state index contributed by atoms with van der Waals surface area (Å²) >= 11 is 0. The summed E-state index contributed by atoms with van der Waals surface area (Å²) in [4.78, 5) is 0. The highest BCUT2D eigenvalue weighted by Crippen LogP contribution is 2.13. The van der Waals surface area contributed by atoms with Gasteiger partial charge in [-0.05, 0) is 36.8 Å². The molecule has 3 heteroatoms. The third-order valence-electron chi connectivity index (χ3n) is 2.47. The summed E-state index contributed by atoms with van der Waals surface area (Å²) < 4.78 is 18.2.